The van der Waals surface area contributed by atoms with E-state index < -0.39 is 0 Å². The molecule has 0 nitrogen and oxygen atoms in total. The van der Waals surface area contributed by atoms with E-state index in [0.29, 0.717) is 0 Å². The summed E-state index contributed by atoms with van der Waals surface area (Å²) >= 11 is 0. The molecule has 0 rings (SSSR count). The van der Waals surface area contributed by atoms with E-state index in [1.54, 1.807) is 0 Å². The van der Waals surface area contributed by atoms with Crippen LogP contribution in [-0.2, 0) is 19.5 Å². The van der Waals surface area contributed by atoms with Gasteiger partial charge in [0.1, 0.15) is 0 Å². The van der Waals surface area contributed by atoms with Crippen LogP contribution in [-0.4, -0.2) is 0 Å². The minimum Gasteiger partial charge on any atom is -1.00 e. The fraction of sp³-hybridized carbons (Fsp3) is 0.857. The van der Waals surface area contributed by atoms with Crippen molar-refractivity contribution < 1.29 is 36.5 Å². The molecule has 0 saturated heterocycles. The third kappa shape index (κ3) is 17.6. The molecule has 0 fully saturated rings. The van der Waals surface area contributed by atoms with Gasteiger partial charge in [0.05, 0.1) is 0 Å². The number of hydrogen-bond donors (Lipinski definition) is 0. The van der Waals surface area contributed by atoms with Crippen LogP contribution in [0.25, 0.3) is 0 Å². The molecule has 0 aromatic heterocycles. The molecule has 0 aromatic rings. The largest absolute Gasteiger partial charge is 1.00 e. The van der Waals surface area contributed by atoms with Crippen molar-refractivity contribution in [3.05, 3.63) is 6.42 Å². The first-order valence-corrected chi connectivity index (χ1v) is 3.23. The second kappa shape index (κ2) is 16.0. The Morgan fingerprint density at radius 1 is 1.00 bits per heavy atom. The van der Waals surface area contributed by atoms with Gasteiger partial charge in [-0.3, -0.25) is 0 Å². The molecule has 0 spiro atoms. The molecule has 0 atom stereocenters. The van der Waals surface area contributed by atoms with Crippen molar-refractivity contribution in [2.24, 2.45) is 0 Å². The topological polar surface area (TPSA) is 0 Å². The zero-order valence-corrected chi connectivity index (χ0v) is 11.0. The average Bonchev–Trinajstić information content (AvgIpc) is 1.69. The van der Waals surface area contributed by atoms with Crippen molar-refractivity contribution in [2.45, 2.75) is 39.5 Å². The van der Waals surface area contributed by atoms with Crippen LogP contribution >= 0.6 is 0 Å². The van der Waals surface area contributed by atoms with E-state index in [9.17, 15) is 0 Å². The molecule has 0 aliphatic heterocycles. The first kappa shape index (κ1) is 16.6. The second-order valence-corrected chi connectivity index (χ2v) is 1.87. The molecule has 0 heterocycles. The Balaban J connectivity index is -0.000000180. The SMILES string of the molecule is CCC[CH]CCC.[Br-].[Zn]. The monoisotopic (exact) mass is 242 g/mol. The van der Waals surface area contributed by atoms with E-state index in [-0.39, 0.29) is 36.5 Å². The van der Waals surface area contributed by atoms with Crippen LogP contribution in [0.4, 0.5) is 0 Å². The van der Waals surface area contributed by atoms with Gasteiger partial charge in [0.2, 0.25) is 0 Å². The van der Waals surface area contributed by atoms with Crippen molar-refractivity contribution in [1.29, 1.82) is 0 Å². The van der Waals surface area contributed by atoms with Gasteiger partial charge >= 0.3 is 0 Å². The molecule has 0 aliphatic carbocycles. The third-order valence-electron chi connectivity index (χ3n) is 0.986. The van der Waals surface area contributed by atoms with Crippen molar-refractivity contribution in [1.82, 2.24) is 0 Å². The van der Waals surface area contributed by atoms with E-state index in [4.69, 9.17) is 0 Å². The fourth-order valence-corrected chi connectivity index (χ4v) is 0.553. The zero-order valence-electron chi connectivity index (χ0n) is 6.49. The van der Waals surface area contributed by atoms with Crippen LogP contribution in [0.5, 0.6) is 0 Å². The maximum absolute atomic E-state index is 2.36. The predicted molar refractivity (Wildman–Crippen MR) is 34.1 cm³/mol. The van der Waals surface area contributed by atoms with E-state index in [2.05, 4.69) is 20.3 Å². The van der Waals surface area contributed by atoms with Gasteiger partial charge in [-0.1, -0.05) is 39.5 Å². The van der Waals surface area contributed by atoms with Crippen molar-refractivity contribution in [3.8, 4) is 0 Å². The predicted octanol–water partition coefficient (Wildman–Crippen LogP) is -0.208. The molecular weight excluding hydrogens is 229 g/mol. The van der Waals surface area contributed by atoms with Crippen LogP contribution in [0, 0.1) is 6.42 Å². The molecule has 0 bridgehead atoms. The standard InChI is InChI=1S/C7H15.BrH.Zn/c1-3-5-7-6-4-2;;/h7H,3-6H2,1-2H3;1H;/p-1. The molecule has 0 unspecified atom stereocenters. The van der Waals surface area contributed by atoms with Crippen LogP contribution in [0.15, 0.2) is 0 Å². The van der Waals surface area contributed by atoms with Crippen molar-refractivity contribution in [2.75, 3.05) is 0 Å². The maximum Gasteiger partial charge on any atom is 0 e. The Morgan fingerprint density at radius 3 is 1.56 bits per heavy atom. The summed E-state index contributed by atoms with van der Waals surface area (Å²) in [5.74, 6) is 0. The quantitative estimate of drug-likeness (QED) is 0.474. The van der Waals surface area contributed by atoms with Gasteiger partial charge in [-0.05, 0) is 6.42 Å². The minimum absolute atomic E-state index is 0. The van der Waals surface area contributed by atoms with Gasteiger partial charge < -0.3 is 17.0 Å². The first-order chi connectivity index (χ1) is 3.41. The van der Waals surface area contributed by atoms with Crippen LogP contribution in [0.3, 0.4) is 0 Å². The summed E-state index contributed by atoms with van der Waals surface area (Å²) < 4.78 is 0. The summed E-state index contributed by atoms with van der Waals surface area (Å²) in [6.45, 7) is 4.43. The third-order valence-corrected chi connectivity index (χ3v) is 0.986. The zero-order chi connectivity index (χ0) is 5.54. The van der Waals surface area contributed by atoms with Crippen molar-refractivity contribution in [3.63, 3.8) is 0 Å². The van der Waals surface area contributed by atoms with Gasteiger partial charge in [0, 0.05) is 19.5 Å². The first-order valence-electron chi connectivity index (χ1n) is 3.23. The van der Waals surface area contributed by atoms with E-state index >= 15 is 0 Å². The van der Waals surface area contributed by atoms with Crippen LogP contribution in [0.1, 0.15) is 39.5 Å². The Morgan fingerprint density at radius 2 is 1.33 bits per heavy atom. The van der Waals surface area contributed by atoms with Gasteiger partial charge in [-0.2, -0.15) is 0 Å². The molecule has 0 aliphatic rings. The molecule has 0 N–H and O–H groups in total. The number of halogens is 1. The summed E-state index contributed by atoms with van der Waals surface area (Å²) in [5.41, 5.74) is 0. The molecule has 2 heteroatoms. The molecular formula is C7H15BrZn-. The summed E-state index contributed by atoms with van der Waals surface area (Å²) in [6.07, 6.45) is 7.57. The van der Waals surface area contributed by atoms with E-state index in [1.165, 1.54) is 25.7 Å². The van der Waals surface area contributed by atoms with Crippen molar-refractivity contribution >= 4 is 0 Å². The van der Waals surface area contributed by atoms with E-state index in [0.717, 1.165) is 0 Å². The summed E-state index contributed by atoms with van der Waals surface area (Å²) in [4.78, 5) is 0. The molecule has 0 saturated carbocycles. The fourth-order valence-electron chi connectivity index (χ4n) is 0.553. The van der Waals surface area contributed by atoms with Crippen LogP contribution < -0.4 is 17.0 Å². The minimum atomic E-state index is 0. The smallest absolute Gasteiger partial charge is 0 e. The maximum atomic E-state index is 2.36. The molecule has 9 heavy (non-hydrogen) atoms. The molecule has 1 radical (unpaired) electrons. The number of unbranched alkanes of at least 4 members (excludes halogenated alkanes) is 4. The summed E-state index contributed by atoms with van der Waals surface area (Å²) in [6, 6.07) is 0. The Kier molecular flexibility index (Phi) is 29.6. The van der Waals surface area contributed by atoms with Gasteiger partial charge in [0.25, 0.3) is 0 Å². The summed E-state index contributed by atoms with van der Waals surface area (Å²) in [7, 11) is 0. The Labute approximate surface area is 82.3 Å². The van der Waals surface area contributed by atoms with Gasteiger partial charge in [-0.25, -0.2) is 0 Å². The number of rotatable bonds is 4. The van der Waals surface area contributed by atoms with Gasteiger partial charge in [-0.15, -0.1) is 0 Å². The molecule has 0 amide bonds. The second-order valence-electron chi connectivity index (χ2n) is 1.87. The molecule has 53 valence electrons. The Bertz CT molecular complexity index is 28.1. The summed E-state index contributed by atoms with van der Waals surface area (Å²) in [5, 5.41) is 0. The number of hydrogen-bond acceptors (Lipinski definition) is 0. The molecule has 0 aromatic carbocycles. The van der Waals surface area contributed by atoms with Gasteiger partial charge in [0.15, 0.2) is 0 Å². The van der Waals surface area contributed by atoms with E-state index in [1.807, 2.05) is 0 Å². The normalized spacial score (nSPS) is 7.33. The van der Waals surface area contributed by atoms with Crippen LogP contribution in [0.2, 0.25) is 0 Å². The Hall–Kier alpha value is 1.10. The average molecular weight is 244 g/mol.